The number of benzene rings is 1. The lowest BCUT2D eigenvalue weighted by Crippen LogP contribution is -2.38. The second kappa shape index (κ2) is 6.32. The monoisotopic (exact) mass is 247 g/mol. The van der Waals surface area contributed by atoms with Crippen molar-refractivity contribution >= 4 is 0 Å². The molecule has 18 heavy (non-hydrogen) atoms. The van der Waals surface area contributed by atoms with Gasteiger partial charge in [0.05, 0.1) is 0 Å². The van der Waals surface area contributed by atoms with E-state index in [-0.39, 0.29) is 0 Å². The summed E-state index contributed by atoms with van der Waals surface area (Å²) in [4.78, 5) is 2.44. The highest BCUT2D eigenvalue weighted by Gasteiger charge is 2.25. The maximum atomic E-state index is 5.73. The van der Waals surface area contributed by atoms with Crippen LogP contribution in [0.4, 0.5) is 0 Å². The molecule has 0 amide bonds. The van der Waals surface area contributed by atoms with E-state index in [2.05, 4.69) is 48.6 Å². The molecular formula is C15H25N3. The van der Waals surface area contributed by atoms with Crippen molar-refractivity contribution in [3.05, 3.63) is 35.4 Å². The highest BCUT2D eigenvalue weighted by molar-refractivity contribution is 5.26. The van der Waals surface area contributed by atoms with Crippen LogP contribution in [0, 0.1) is 5.92 Å². The maximum Gasteiger partial charge on any atom is 0.0358 e. The first kappa shape index (κ1) is 13.5. The summed E-state index contributed by atoms with van der Waals surface area (Å²) in [6.45, 7) is 3.03. The van der Waals surface area contributed by atoms with Crippen LogP contribution in [0.2, 0.25) is 0 Å². The Labute approximate surface area is 110 Å². The minimum atomic E-state index is 0.444. The molecule has 0 aliphatic carbocycles. The van der Waals surface area contributed by atoms with Crippen molar-refractivity contribution in [3.8, 4) is 0 Å². The Morgan fingerprint density at radius 3 is 3.00 bits per heavy atom. The van der Waals surface area contributed by atoms with Gasteiger partial charge in [0.25, 0.3) is 0 Å². The number of likely N-dealkylation sites (tertiary alicyclic amines) is 1. The molecule has 3 N–H and O–H groups in total. The zero-order valence-corrected chi connectivity index (χ0v) is 11.5. The van der Waals surface area contributed by atoms with E-state index in [4.69, 9.17) is 5.73 Å². The van der Waals surface area contributed by atoms with Crippen molar-refractivity contribution in [2.24, 2.45) is 11.7 Å². The van der Waals surface area contributed by atoms with Crippen LogP contribution in [0.1, 0.15) is 30.0 Å². The molecule has 2 unspecified atom stereocenters. The number of rotatable bonds is 4. The van der Waals surface area contributed by atoms with Crippen LogP contribution in [-0.2, 0) is 6.54 Å². The van der Waals surface area contributed by atoms with Crippen LogP contribution in [0.5, 0.6) is 0 Å². The van der Waals surface area contributed by atoms with Gasteiger partial charge in [0.2, 0.25) is 0 Å². The van der Waals surface area contributed by atoms with Crippen molar-refractivity contribution in [1.29, 1.82) is 0 Å². The molecule has 1 saturated heterocycles. The molecule has 1 aliphatic rings. The second-order valence-corrected chi connectivity index (χ2v) is 5.38. The SMILES string of the molecule is CNC(c1cccc(CN)c1)C1CCCN(C)C1. The highest BCUT2D eigenvalue weighted by Crippen LogP contribution is 2.29. The average molecular weight is 247 g/mol. The van der Waals surface area contributed by atoms with Crippen LogP contribution in [-0.4, -0.2) is 32.1 Å². The fraction of sp³-hybridized carbons (Fsp3) is 0.600. The van der Waals surface area contributed by atoms with Gasteiger partial charge in [0, 0.05) is 19.1 Å². The molecule has 0 bridgehead atoms. The molecule has 1 aromatic rings. The van der Waals surface area contributed by atoms with Gasteiger partial charge in [-0.1, -0.05) is 24.3 Å². The maximum absolute atomic E-state index is 5.73. The van der Waals surface area contributed by atoms with E-state index >= 15 is 0 Å². The molecule has 0 aromatic heterocycles. The summed E-state index contributed by atoms with van der Waals surface area (Å²) >= 11 is 0. The Hall–Kier alpha value is -0.900. The Bertz CT molecular complexity index is 378. The van der Waals surface area contributed by atoms with E-state index in [1.54, 1.807) is 0 Å². The molecule has 3 heteroatoms. The molecule has 1 fully saturated rings. The first-order valence-corrected chi connectivity index (χ1v) is 6.89. The standard InChI is InChI=1S/C15H25N3/c1-17-15(14-7-4-8-18(2)11-14)13-6-3-5-12(9-13)10-16/h3,5-6,9,14-15,17H,4,7-8,10-11,16H2,1-2H3. The van der Waals surface area contributed by atoms with Crippen molar-refractivity contribution < 1.29 is 0 Å². The molecular weight excluding hydrogens is 222 g/mol. The molecule has 0 radical (unpaired) electrons. The van der Waals surface area contributed by atoms with Gasteiger partial charge >= 0.3 is 0 Å². The lowest BCUT2D eigenvalue weighted by molar-refractivity contribution is 0.177. The predicted octanol–water partition coefficient (Wildman–Crippen LogP) is 1.75. The second-order valence-electron chi connectivity index (χ2n) is 5.38. The third-order valence-electron chi connectivity index (χ3n) is 3.99. The summed E-state index contributed by atoms with van der Waals surface area (Å²) in [5.41, 5.74) is 8.33. The lowest BCUT2D eigenvalue weighted by atomic mass is 9.86. The predicted molar refractivity (Wildman–Crippen MR) is 76.4 cm³/mol. The Balaban J connectivity index is 2.16. The summed E-state index contributed by atoms with van der Waals surface area (Å²) < 4.78 is 0. The first-order valence-electron chi connectivity index (χ1n) is 6.89. The fourth-order valence-electron chi connectivity index (χ4n) is 3.07. The molecule has 0 saturated carbocycles. The number of hydrogen-bond acceptors (Lipinski definition) is 3. The van der Waals surface area contributed by atoms with Crippen molar-refractivity contribution in [2.45, 2.75) is 25.4 Å². The Kier molecular flexibility index (Phi) is 4.75. The zero-order valence-electron chi connectivity index (χ0n) is 11.5. The summed E-state index contributed by atoms with van der Waals surface area (Å²) in [5, 5.41) is 3.49. The number of hydrogen-bond donors (Lipinski definition) is 2. The van der Waals surface area contributed by atoms with Gasteiger partial charge in [-0.25, -0.2) is 0 Å². The molecule has 100 valence electrons. The Morgan fingerprint density at radius 1 is 1.50 bits per heavy atom. The highest BCUT2D eigenvalue weighted by atomic mass is 15.1. The van der Waals surface area contributed by atoms with Gasteiger partial charge in [-0.15, -0.1) is 0 Å². The smallest absolute Gasteiger partial charge is 0.0358 e. The van der Waals surface area contributed by atoms with Crippen LogP contribution in [0.3, 0.4) is 0 Å². The molecule has 2 rings (SSSR count). The molecule has 2 atom stereocenters. The van der Waals surface area contributed by atoms with Gasteiger partial charge in [-0.3, -0.25) is 0 Å². The van der Waals surface area contributed by atoms with Crippen molar-refractivity contribution in [2.75, 3.05) is 27.2 Å². The zero-order chi connectivity index (χ0) is 13.0. The topological polar surface area (TPSA) is 41.3 Å². The van der Waals surface area contributed by atoms with Gasteiger partial charge in [-0.2, -0.15) is 0 Å². The van der Waals surface area contributed by atoms with Crippen molar-refractivity contribution in [3.63, 3.8) is 0 Å². The van der Waals surface area contributed by atoms with Crippen LogP contribution in [0.15, 0.2) is 24.3 Å². The van der Waals surface area contributed by atoms with Gasteiger partial charge in [-0.05, 0) is 50.5 Å². The minimum Gasteiger partial charge on any atom is -0.326 e. The molecule has 1 aliphatic heterocycles. The number of nitrogens with zero attached hydrogens (tertiary/aromatic N) is 1. The molecule has 0 spiro atoms. The van der Waals surface area contributed by atoms with Crippen LogP contribution < -0.4 is 11.1 Å². The van der Waals surface area contributed by atoms with E-state index in [9.17, 15) is 0 Å². The quantitative estimate of drug-likeness (QED) is 0.851. The van der Waals surface area contributed by atoms with E-state index in [1.165, 1.54) is 37.1 Å². The number of piperidine rings is 1. The Morgan fingerprint density at radius 2 is 2.33 bits per heavy atom. The first-order chi connectivity index (χ1) is 8.74. The number of nitrogens with two attached hydrogens (primary N) is 1. The number of nitrogens with one attached hydrogen (secondary N) is 1. The van der Waals surface area contributed by atoms with Gasteiger partial charge < -0.3 is 16.0 Å². The van der Waals surface area contributed by atoms with Crippen LogP contribution >= 0.6 is 0 Å². The summed E-state index contributed by atoms with van der Waals surface area (Å²) in [5.74, 6) is 0.696. The summed E-state index contributed by atoms with van der Waals surface area (Å²) in [6.07, 6.45) is 2.61. The fourth-order valence-corrected chi connectivity index (χ4v) is 3.07. The average Bonchev–Trinajstić information content (AvgIpc) is 2.40. The van der Waals surface area contributed by atoms with Crippen molar-refractivity contribution in [1.82, 2.24) is 10.2 Å². The minimum absolute atomic E-state index is 0.444. The van der Waals surface area contributed by atoms with E-state index < -0.39 is 0 Å². The normalized spacial score (nSPS) is 22.9. The van der Waals surface area contributed by atoms with E-state index in [1.807, 2.05) is 0 Å². The van der Waals surface area contributed by atoms with E-state index in [0.717, 1.165) is 0 Å². The van der Waals surface area contributed by atoms with E-state index in [0.29, 0.717) is 18.5 Å². The largest absolute Gasteiger partial charge is 0.326 e. The lowest BCUT2D eigenvalue weighted by Gasteiger charge is -2.35. The van der Waals surface area contributed by atoms with Crippen LogP contribution in [0.25, 0.3) is 0 Å². The third kappa shape index (κ3) is 3.10. The summed E-state index contributed by atoms with van der Waals surface area (Å²) in [6, 6.07) is 9.13. The molecule has 1 aromatic carbocycles. The van der Waals surface area contributed by atoms with Gasteiger partial charge in [0.15, 0.2) is 0 Å². The molecule has 1 heterocycles. The third-order valence-corrected chi connectivity index (χ3v) is 3.99. The molecule has 3 nitrogen and oxygen atoms in total. The van der Waals surface area contributed by atoms with Gasteiger partial charge in [0.1, 0.15) is 0 Å². The summed E-state index contributed by atoms with van der Waals surface area (Å²) in [7, 11) is 4.28.